The van der Waals surface area contributed by atoms with Gasteiger partial charge in [0.05, 0.1) is 5.75 Å². The summed E-state index contributed by atoms with van der Waals surface area (Å²) in [5.74, 6) is -0.132. The molecule has 0 saturated heterocycles. The van der Waals surface area contributed by atoms with Gasteiger partial charge in [0.1, 0.15) is 0 Å². The van der Waals surface area contributed by atoms with Crippen molar-refractivity contribution in [3.05, 3.63) is 0 Å². The van der Waals surface area contributed by atoms with Gasteiger partial charge < -0.3 is 7.16 Å². The number of nitrogens with two attached hydrogens (primary N) is 1. The molecule has 0 aliphatic heterocycles. The van der Waals surface area contributed by atoms with Crippen molar-refractivity contribution < 1.29 is 44.0 Å². The van der Waals surface area contributed by atoms with E-state index in [-0.39, 0.29) is 36.7 Å². The molecular formula is C19H44NNaO3S. The molecule has 0 radical (unpaired) electrons. The quantitative estimate of drug-likeness (QED) is 0.242. The van der Waals surface area contributed by atoms with Crippen molar-refractivity contribution in [2.45, 2.75) is 110 Å². The predicted octanol–water partition coefficient (Wildman–Crippen LogP) is 2.83. The Labute approximate surface area is 181 Å². The number of rotatable bonds is 16. The molecule has 0 heterocycles. The third-order valence-corrected chi connectivity index (χ3v) is 4.94. The van der Waals surface area contributed by atoms with Crippen LogP contribution in [0.3, 0.4) is 0 Å². The zero-order chi connectivity index (χ0) is 18.5. The van der Waals surface area contributed by atoms with E-state index in [1.165, 1.54) is 89.9 Å². The summed E-state index contributed by atoms with van der Waals surface area (Å²) in [4.78, 5) is 0. The molecule has 0 aromatic heterocycles. The van der Waals surface area contributed by atoms with E-state index >= 15 is 0 Å². The van der Waals surface area contributed by atoms with Gasteiger partial charge >= 0.3 is 29.6 Å². The SMILES string of the molecule is CCCCCCCCCCCCCCCCN.CCCS(=O)(=O)O.[H-].[Na+]. The second kappa shape index (κ2) is 24.9. The van der Waals surface area contributed by atoms with Crippen LogP contribution in [0.25, 0.3) is 0 Å². The van der Waals surface area contributed by atoms with E-state index in [1.807, 2.05) is 0 Å². The Hall–Kier alpha value is 0.870. The maximum absolute atomic E-state index is 9.79. The van der Waals surface area contributed by atoms with Gasteiger partial charge in [0.25, 0.3) is 10.1 Å². The van der Waals surface area contributed by atoms with E-state index in [0.717, 1.165) is 6.54 Å². The Bertz CT molecular complexity index is 317. The molecule has 0 atom stereocenters. The molecular weight excluding hydrogens is 345 g/mol. The summed E-state index contributed by atoms with van der Waals surface area (Å²) < 4.78 is 27.6. The summed E-state index contributed by atoms with van der Waals surface area (Å²) in [6.07, 6.45) is 20.3. The van der Waals surface area contributed by atoms with Crippen LogP contribution in [-0.2, 0) is 10.1 Å². The molecule has 6 heteroatoms. The van der Waals surface area contributed by atoms with Gasteiger partial charge in [0.2, 0.25) is 0 Å². The van der Waals surface area contributed by atoms with Crippen LogP contribution in [0.4, 0.5) is 0 Å². The van der Waals surface area contributed by atoms with Gasteiger partial charge in [0, 0.05) is 0 Å². The Kier molecular flexibility index (Phi) is 30.4. The molecule has 25 heavy (non-hydrogen) atoms. The standard InChI is InChI=1S/C16H35N.C3H8O3S.Na.H/c1-2-3-4-5-6-7-8-9-10-11-12-13-14-15-16-17;1-2-3-7(4,5)6;;/h2-17H2,1H3;2-3H2,1H3,(H,4,5,6);;/q;;+1;-1. The molecule has 0 saturated carbocycles. The first-order valence-electron chi connectivity index (χ1n) is 10.1. The minimum atomic E-state index is -3.67. The van der Waals surface area contributed by atoms with Crippen LogP contribution in [-0.4, -0.2) is 25.3 Å². The van der Waals surface area contributed by atoms with Crippen LogP contribution < -0.4 is 35.3 Å². The minimum Gasteiger partial charge on any atom is -1.00 e. The van der Waals surface area contributed by atoms with Crippen molar-refractivity contribution in [1.29, 1.82) is 0 Å². The fourth-order valence-electron chi connectivity index (χ4n) is 2.60. The third kappa shape index (κ3) is 36.5. The van der Waals surface area contributed by atoms with Crippen molar-refractivity contribution in [2.75, 3.05) is 12.3 Å². The fraction of sp³-hybridized carbons (Fsp3) is 1.00. The fourth-order valence-corrected chi connectivity index (χ4v) is 3.11. The van der Waals surface area contributed by atoms with Crippen molar-refractivity contribution >= 4 is 10.1 Å². The summed E-state index contributed by atoms with van der Waals surface area (Å²) in [5, 5.41) is 0. The van der Waals surface area contributed by atoms with Crippen LogP contribution in [0, 0.1) is 0 Å². The maximum atomic E-state index is 9.79. The maximum Gasteiger partial charge on any atom is 1.00 e. The minimum absolute atomic E-state index is 0. The van der Waals surface area contributed by atoms with E-state index in [9.17, 15) is 8.42 Å². The molecule has 0 aliphatic rings. The van der Waals surface area contributed by atoms with E-state index < -0.39 is 10.1 Å². The molecule has 0 amide bonds. The van der Waals surface area contributed by atoms with E-state index in [4.69, 9.17) is 10.3 Å². The topological polar surface area (TPSA) is 80.4 Å². The molecule has 0 aromatic carbocycles. The summed E-state index contributed by atoms with van der Waals surface area (Å²) in [6.45, 7) is 4.85. The van der Waals surface area contributed by atoms with Crippen molar-refractivity contribution in [3.8, 4) is 0 Å². The van der Waals surface area contributed by atoms with E-state index in [2.05, 4.69) is 6.92 Å². The van der Waals surface area contributed by atoms with Gasteiger partial charge in [-0.1, -0.05) is 97.3 Å². The summed E-state index contributed by atoms with van der Waals surface area (Å²) >= 11 is 0. The monoisotopic (exact) mass is 389 g/mol. The second-order valence-corrected chi connectivity index (χ2v) is 8.24. The van der Waals surface area contributed by atoms with Gasteiger partial charge in [-0.05, 0) is 19.4 Å². The summed E-state index contributed by atoms with van der Waals surface area (Å²) in [6, 6.07) is 0. The first-order chi connectivity index (χ1) is 11.5. The van der Waals surface area contributed by atoms with Gasteiger partial charge in [-0.2, -0.15) is 8.42 Å². The molecule has 0 bridgehead atoms. The largest absolute Gasteiger partial charge is 1.00 e. The molecule has 0 spiro atoms. The van der Waals surface area contributed by atoms with Crippen LogP contribution >= 0.6 is 0 Å². The average Bonchev–Trinajstić information content (AvgIpc) is 2.51. The second-order valence-electron chi connectivity index (χ2n) is 6.67. The van der Waals surface area contributed by atoms with Crippen molar-refractivity contribution in [1.82, 2.24) is 0 Å². The summed E-state index contributed by atoms with van der Waals surface area (Å²) in [5.41, 5.74) is 5.47. The molecule has 0 unspecified atom stereocenters. The van der Waals surface area contributed by atoms with E-state index in [0.29, 0.717) is 6.42 Å². The van der Waals surface area contributed by atoms with E-state index in [1.54, 1.807) is 6.92 Å². The summed E-state index contributed by atoms with van der Waals surface area (Å²) in [7, 11) is -3.67. The van der Waals surface area contributed by atoms with Crippen molar-refractivity contribution in [2.24, 2.45) is 5.73 Å². The Morgan fingerprint density at radius 3 is 1.20 bits per heavy atom. The predicted molar refractivity (Wildman–Crippen MR) is 107 cm³/mol. The molecule has 0 aromatic rings. The molecule has 150 valence electrons. The van der Waals surface area contributed by atoms with Crippen LogP contribution in [0.2, 0.25) is 0 Å². The molecule has 3 N–H and O–H groups in total. The number of unbranched alkanes of at least 4 members (excludes halogenated alkanes) is 13. The number of hydrogen-bond donors (Lipinski definition) is 2. The van der Waals surface area contributed by atoms with Gasteiger partial charge in [-0.3, -0.25) is 4.55 Å². The van der Waals surface area contributed by atoms with Crippen molar-refractivity contribution in [3.63, 3.8) is 0 Å². The Morgan fingerprint density at radius 1 is 0.680 bits per heavy atom. The van der Waals surface area contributed by atoms with Crippen LogP contribution in [0.1, 0.15) is 112 Å². The van der Waals surface area contributed by atoms with Crippen LogP contribution in [0.5, 0.6) is 0 Å². The molecule has 0 rings (SSSR count). The molecule has 0 fully saturated rings. The number of hydrogen-bond acceptors (Lipinski definition) is 3. The van der Waals surface area contributed by atoms with Gasteiger partial charge in [-0.15, -0.1) is 0 Å². The molecule has 0 aliphatic carbocycles. The smallest absolute Gasteiger partial charge is 1.00 e. The first kappa shape index (κ1) is 30.6. The average molecular weight is 390 g/mol. The van der Waals surface area contributed by atoms with Gasteiger partial charge in [-0.25, -0.2) is 0 Å². The van der Waals surface area contributed by atoms with Gasteiger partial charge in [0.15, 0.2) is 0 Å². The zero-order valence-corrected chi connectivity index (χ0v) is 20.1. The normalized spacial score (nSPS) is 10.7. The Morgan fingerprint density at radius 2 is 1.00 bits per heavy atom. The Balaban J connectivity index is -0.000000230. The van der Waals surface area contributed by atoms with Crippen LogP contribution in [0.15, 0.2) is 0 Å². The molecule has 4 nitrogen and oxygen atoms in total. The first-order valence-corrected chi connectivity index (χ1v) is 11.7. The zero-order valence-electron chi connectivity index (χ0n) is 18.3. The third-order valence-electron chi connectivity index (χ3n) is 4.02.